The fraction of sp³-hybridized carbons (Fsp3) is 0.560. The zero-order valence-corrected chi connectivity index (χ0v) is 21.1. The maximum atomic E-state index is 13.7. The molecule has 1 aliphatic heterocycles. The predicted octanol–water partition coefficient (Wildman–Crippen LogP) is 3.14. The summed E-state index contributed by atoms with van der Waals surface area (Å²) in [6.07, 6.45) is 5.04. The SMILES string of the molecule is COCCCOc1cc(CN(C(=O)C2CNCC(Nc3cc(Cl)ncn3)C2)C2CC2)cc(OC)c1. The van der Waals surface area contributed by atoms with Gasteiger partial charge in [0.2, 0.25) is 5.91 Å². The molecule has 1 saturated carbocycles. The highest BCUT2D eigenvalue weighted by Crippen LogP contribution is 2.33. The van der Waals surface area contributed by atoms with Gasteiger partial charge >= 0.3 is 0 Å². The Balaban J connectivity index is 1.41. The first kappa shape index (κ1) is 25.5. The van der Waals surface area contributed by atoms with E-state index in [1.165, 1.54) is 6.33 Å². The van der Waals surface area contributed by atoms with Crippen molar-refractivity contribution in [2.45, 2.75) is 44.3 Å². The molecule has 10 heteroatoms. The number of hydrogen-bond acceptors (Lipinski definition) is 8. The Bertz CT molecular complexity index is 990. The van der Waals surface area contributed by atoms with Gasteiger partial charge in [0.1, 0.15) is 28.8 Å². The van der Waals surface area contributed by atoms with Crippen molar-refractivity contribution in [1.82, 2.24) is 20.2 Å². The highest BCUT2D eigenvalue weighted by atomic mass is 35.5. The van der Waals surface area contributed by atoms with E-state index in [4.69, 9.17) is 25.8 Å². The van der Waals surface area contributed by atoms with Gasteiger partial charge < -0.3 is 29.7 Å². The van der Waals surface area contributed by atoms with E-state index in [2.05, 4.69) is 20.6 Å². The van der Waals surface area contributed by atoms with Crippen molar-refractivity contribution >= 4 is 23.3 Å². The molecule has 2 N–H and O–H groups in total. The van der Waals surface area contributed by atoms with Gasteiger partial charge in [0.25, 0.3) is 0 Å². The molecule has 2 unspecified atom stereocenters. The molecule has 0 radical (unpaired) electrons. The highest BCUT2D eigenvalue weighted by Gasteiger charge is 2.37. The van der Waals surface area contributed by atoms with Gasteiger partial charge in [0.05, 0.1) is 19.6 Å². The normalized spacial score (nSPS) is 19.7. The molecule has 2 atom stereocenters. The van der Waals surface area contributed by atoms with Gasteiger partial charge in [0, 0.05) is 64.0 Å². The first-order valence-corrected chi connectivity index (χ1v) is 12.5. The quantitative estimate of drug-likeness (QED) is 0.337. The minimum absolute atomic E-state index is 0.0774. The van der Waals surface area contributed by atoms with Crippen LogP contribution in [0.5, 0.6) is 11.5 Å². The molecule has 1 aromatic heterocycles. The Labute approximate surface area is 211 Å². The minimum Gasteiger partial charge on any atom is -0.497 e. The lowest BCUT2D eigenvalue weighted by Gasteiger charge is -2.34. The van der Waals surface area contributed by atoms with Gasteiger partial charge in [-0.1, -0.05) is 11.6 Å². The number of nitrogens with zero attached hydrogens (tertiary/aromatic N) is 3. The van der Waals surface area contributed by atoms with Crippen LogP contribution >= 0.6 is 11.6 Å². The molecule has 2 heterocycles. The van der Waals surface area contributed by atoms with E-state index in [0.717, 1.165) is 49.3 Å². The summed E-state index contributed by atoms with van der Waals surface area (Å²) in [5.74, 6) is 2.19. The average molecular weight is 504 g/mol. The molecular weight excluding hydrogens is 470 g/mol. The molecule has 1 aromatic carbocycles. The third kappa shape index (κ3) is 7.43. The maximum Gasteiger partial charge on any atom is 0.227 e. The van der Waals surface area contributed by atoms with Crippen LogP contribution in [0.4, 0.5) is 5.82 Å². The van der Waals surface area contributed by atoms with E-state index in [9.17, 15) is 4.79 Å². The van der Waals surface area contributed by atoms with Crippen molar-refractivity contribution in [2.75, 3.05) is 45.8 Å². The number of hydrogen-bond donors (Lipinski definition) is 2. The minimum atomic E-state index is -0.116. The van der Waals surface area contributed by atoms with Gasteiger partial charge in [-0.05, 0) is 37.0 Å². The number of ether oxygens (including phenoxy) is 3. The number of amides is 1. The molecule has 0 bridgehead atoms. The fourth-order valence-corrected chi connectivity index (χ4v) is 4.53. The lowest BCUT2D eigenvalue weighted by atomic mass is 9.94. The third-order valence-corrected chi connectivity index (χ3v) is 6.45. The van der Waals surface area contributed by atoms with E-state index >= 15 is 0 Å². The van der Waals surface area contributed by atoms with Crippen LogP contribution in [0.1, 0.15) is 31.2 Å². The summed E-state index contributed by atoms with van der Waals surface area (Å²) in [5, 5.41) is 7.17. The van der Waals surface area contributed by atoms with Crippen LogP contribution in [0, 0.1) is 5.92 Å². The second-order valence-corrected chi connectivity index (χ2v) is 9.45. The van der Waals surface area contributed by atoms with E-state index < -0.39 is 0 Å². The summed E-state index contributed by atoms with van der Waals surface area (Å²) in [5.41, 5.74) is 1.00. The zero-order chi connectivity index (χ0) is 24.6. The van der Waals surface area contributed by atoms with Gasteiger partial charge in [-0.15, -0.1) is 0 Å². The first-order chi connectivity index (χ1) is 17.1. The largest absolute Gasteiger partial charge is 0.497 e. The van der Waals surface area contributed by atoms with Crippen LogP contribution in [0.3, 0.4) is 0 Å². The molecule has 1 amide bonds. The molecule has 2 aromatic rings. The Hall–Kier alpha value is -2.62. The van der Waals surface area contributed by atoms with Crippen molar-refractivity contribution in [3.63, 3.8) is 0 Å². The Kier molecular flexibility index (Phi) is 9.01. The number of anilines is 1. The van der Waals surface area contributed by atoms with E-state index in [0.29, 0.717) is 37.3 Å². The van der Waals surface area contributed by atoms with Crippen molar-refractivity contribution in [3.8, 4) is 11.5 Å². The topological polar surface area (TPSA) is 97.8 Å². The molecule has 2 fully saturated rings. The standard InChI is InChI=1S/C25H34ClN5O4/c1-33-6-3-7-35-22-9-17(8-21(11-22)34-2)15-31(20-4-5-20)25(32)18-10-19(14-27-13-18)30-24-12-23(26)28-16-29-24/h8-9,11-12,16,18-20,27H,3-7,10,13-15H2,1-2H3,(H,28,29,30). The fourth-order valence-electron chi connectivity index (χ4n) is 4.38. The number of methoxy groups -OCH3 is 2. The van der Waals surface area contributed by atoms with Crippen molar-refractivity contribution in [2.24, 2.45) is 5.92 Å². The second-order valence-electron chi connectivity index (χ2n) is 9.07. The lowest BCUT2D eigenvalue weighted by Crippen LogP contribution is -2.49. The zero-order valence-electron chi connectivity index (χ0n) is 20.3. The summed E-state index contributed by atoms with van der Waals surface area (Å²) < 4.78 is 16.5. The molecule has 190 valence electrons. The van der Waals surface area contributed by atoms with Gasteiger partial charge in [0.15, 0.2) is 0 Å². The van der Waals surface area contributed by atoms with E-state index in [1.54, 1.807) is 20.3 Å². The van der Waals surface area contributed by atoms with E-state index in [-0.39, 0.29) is 23.9 Å². The molecule has 0 spiro atoms. The molecule has 1 aliphatic carbocycles. The summed E-state index contributed by atoms with van der Waals surface area (Å²) in [4.78, 5) is 23.8. The first-order valence-electron chi connectivity index (χ1n) is 12.1. The smallest absolute Gasteiger partial charge is 0.227 e. The summed E-state index contributed by atoms with van der Waals surface area (Å²) in [6.45, 7) is 3.16. The number of carbonyl (C=O) groups is 1. The van der Waals surface area contributed by atoms with Gasteiger partial charge in [-0.3, -0.25) is 4.79 Å². The summed E-state index contributed by atoms with van der Waals surface area (Å²) in [7, 11) is 3.32. The van der Waals surface area contributed by atoms with Crippen LogP contribution in [0.25, 0.3) is 0 Å². The van der Waals surface area contributed by atoms with Crippen molar-refractivity contribution < 1.29 is 19.0 Å². The number of piperidine rings is 1. The number of halogens is 1. The van der Waals surface area contributed by atoms with Crippen molar-refractivity contribution in [3.05, 3.63) is 41.3 Å². The molecule has 4 rings (SSSR count). The molecule has 35 heavy (non-hydrogen) atoms. The Morgan fingerprint density at radius 1 is 1.14 bits per heavy atom. The van der Waals surface area contributed by atoms with Gasteiger partial charge in [-0.25, -0.2) is 9.97 Å². The maximum absolute atomic E-state index is 13.7. The Morgan fingerprint density at radius 3 is 2.71 bits per heavy atom. The van der Waals surface area contributed by atoms with Gasteiger partial charge in [-0.2, -0.15) is 0 Å². The van der Waals surface area contributed by atoms with Crippen molar-refractivity contribution in [1.29, 1.82) is 0 Å². The highest BCUT2D eigenvalue weighted by molar-refractivity contribution is 6.29. The van der Waals surface area contributed by atoms with Crippen LogP contribution < -0.4 is 20.1 Å². The monoisotopic (exact) mass is 503 g/mol. The predicted molar refractivity (Wildman–Crippen MR) is 134 cm³/mol. The van der Waals surface area contributed by atoms with E-state index in [1.807, 2.05) is 23.1 Å². The Morgan fingerprint density at radius 2 is 1.97 bits per heavy atom. The van der Waals surface area contributed by atoms with Crippen LogP contribution in [-0.2, 0) is 16.1 Å². The molecule has 9 nitrogen and oxygen atoms in total. The molecule has 2 aliphatic rings. The number of nitrogens with one attached hydrogen (secondary N) is 2. The van der Waals surface area contributed by atoms with Crippen LogP contribution in [0.15, 0.2) is 30.6 Å². The lowest BCUT2D eigenvalue weighted by molar-refractivity contribution is -0.137. The second kappa shape index (κ2) is 12.4. The van der Waals surface area contributed by atoms with Crippen LogP contribution in [0.2, 0.25) is 5.15 Å². The number of benzene rings is 1. The summed E-state index contributed by atoms with van der Waals surface area (Å²) in [6, 6.07) is 7.91. The number of aromatic nitrogens is 2. The third-order valence-electron chi connectivity index (χ3n) is 6.25. The summed E-state index contributed by atoms with van der Waals surface area (Å²) >= 11 is 5.99. The number of carbonyl (C=O) groups excluding carboxylic acids is 1. The average Bonchev–Trinajstić information content (AvgIpc) is 3.70. The molecule has 1 saturated heterocycles. The number of rotatable bonds is 12. The molecular formula is C25H34ClN5O4. The van der Waals surface area contributed by atoms with Crippen LogP contribution in [-0.4, -0.2) is 73.4 Å².